The Morgan fingerprint density at radius 2 is 1.86 bits per heavy atom. The second kappa shape index (κ2) is 11.4. The van der Waals surface area contributed by atoms with Crippen molar-refractivity contribution < 1.29 is 14.3 Å². The number of hydrogen-bond donors (Lipinski definition) is 1. The fourth-order valence-corrected chi connectivity index (χ4v) is 3.76. The average molecular weight is 488 g/mol. The minimum Gasteiger partial charge on any atom is -0.496 e. The number of halogens is 1. The first-order chi connectivity index (χ1) is 17.0. The van der Waals surface area contributed by atoms with Crippen LogP contribution in [0.2, 0.25) is 5.02 Å². The molecule has 0 aliphatic heterocycles. The van der Waals surface area contributed by atoms with Gasteiger partial charge in [0.1, 0.15) is 18.1 Å². The van der Waals surface area contributed by atoms with Crippen molar-refractivity contribution in [1.82, 2.24) is 9.78 Å². The summed E-state index contributed by atoms with van der Waals surface area (Å²) >= 11 is 6.22. The molecular formula is C28H26ClN3O3. The Morgan fingerprint density at radius 3 is 2.66 bits per heavy atom. The lowest BCUT2D eigenvalue weighted by Crippen LogP contribution is -2.07. The van der Waals surface area contributed by atoms with Gasteiger partial charge in [0.05, 0.1) is 25.5 Å². The van der Waals surface area contributed by atoms with E-state index < -0.39 is 0 Å². The molecule has 0 fully saturated rings. The van der Waals surface area contributed by atoms with Crippen LogP contribution in [0.5, 0.6) is 11.5 Å². The Labute approximate surface area is 209 Å². The number of aryl methyl sites for hydroxylation is 1. The summed E-state index contributed by atoms with van der Waals surface area (Å²) in [7, 11) is 1.63. The zero-order valence-corrected chi connectivity index (χ0v) is 20.3. The van der Waals surface area contributed by atoms with Crippen molar-refractivity contribution in [3.8, 4) is 11.5 Å². The summed E-state index contributed by atoms with van der Waals surface area (Å²) in [5, 5.41) is 7.81. The third-order valence-corrected chi connectivity index (χ3v) is 5.77. The lowest BCUT2D eigenvalue weighted by atomic mass is 10.1. The number of carbonyl (C=O) groups excluding carboxylic acids is 1. The number of hydrogen-bond acceptors (Lipinski definition) is 4. The van der Waals surface area contributed by atoms with Gasteiger partial charge in [0.2, 0.25) is 5.91 Å². The third-order valence-electron chi connectivity index (χ3n) is 5.40. The van der Waals surface area contributed by atoms with Crippen molar-refractivity contribution in [1.29, 1.82) is 0 Å². The molecule has 0 unspecified atom stereocenters. The monoisotopic (exact) mass is 487 g/mol. The van der Waals surface area contributed by atoms with Gasteiger partial charge in [-0.15, -0.1) is 0 Å². The predicted molar refractivity (Wildman–Crippen MR) is 139 cm³/mol. The first-order valence-electron chi connectivity index (χ1n) is 11.1. The average Bonchev–Trinajstić information content (AvgIpc) is 3.30. The first kappa shape index (κ1) is 24.1. The molecule has 0 saturated heterocycles. The molecule has 35 heavy (non-hydrogen) atoms. The van der Waals surface area contributed by atoms with Gasteiger partial charge < -0.3 is 14.8 Å². The van der Waals surface area contributed by atoms with Crippen LogP contribution in [0.4, 0.5) is 5.69 Å². The van der Waals surface area contributed by atoms with Gasteiger partial charge in [-0.2, -0.15) is 5.10 Å². The van der Waals surface area contributed by atoms with Crippen molar-refractivity contribution >= 4 is 29.3 Å². The van der Waals surface area contributed by atoms with Crippen LogP contribution in [0.3, 0.4) is 0 Å². The van der Waals surface area contributed by atoms with Gasteiger partial charge in [0.15, 0.2) is 0 Å². The molecule has 0 saturated carbocycles. The Balaban J connectivity index is 1.38. The molecule has 0 bridgehead atoms. The molecule has 4 rings (SSSR count). The number of methoxy groups -OCH3 is 1. The molecule has 1 amide bonds. The van der Waals surface area contributed by atoms with Gasteiger partial charge in [0.25, 0.3) is 0 Å². The minimum absolute atomic E-state index is 0.254. The minimum atomic E-state index is -0.254. The highest BCUT2D eigenvalue weighted by Crippen LogP contribution is 2.24. The fourth-order valence-electron chi connectivity index (χ4n) is 3.56. The number of aromatic nitrogens is 2. The zero-order chi connectivity index (χ0) is 24.6. The van der Waals surface area contributed by atoms with E-state index in [2.05, 4.69) is 10.4 Å². The number of para-hydroxylation sites is 1. The van der Waals surface area contributed by atoms with Gasteiger partial charge in [-0.3, -0.25) is 9.48 Å². The number of carbonyl (C=O) groups is 1. The molecule has 7 heteroatoms. The maximum Gasteiger partial charge on any atom is 0.248 e. The van der Waals surface area contributed by atoms with E-state index in [1.165, 1.54) is 6.08 Å². The maximum atomic E-state index is 12.5. The summed E-state index contributed by atoms with van der Waals surface area (Å²) in [6.45, 7) is 2.88. The fraction of sp³-hybridized carbons (Fsp3) is 0.143. The number of nitrogens with one attached hydrogen (secondary N) is 1. The highest BCUT2D eigenvalue weighted by molar-refractivity contribution is 6.31. The van der Waals surface area contributed by atoms with E-state index in [-0.39, 0.29) is 5.91 Å². The molecule has 3 aromatic carbocycles. The van der Waals surface area contributed by atoms with Crippen LogP contribution >= 0.6 is 11.6 Å². The number of benzene rings is 3. The first-order valence-corrected chi connectivity index (χ1v) is 11.5. The Morgan fingerprint density at radius 1 is 1.06 bits per heavy atom. The summed E-state index contributed by atoms with van der Waals surface area (Å²) in [6.07, 6.45) is 6.61. The largest absolute Gasteiger partial charge is 0.496 e. The molecule has 1 heterocycles. The molecule has 178 valence electrons. The van der Waals surface area contributed by atoms with Gasteiger partial charge in [-0.25, -0.2) is 0 Å². The van der Waals surface area contributed by atoms with Crippen molar-refractivity contribution in [2.24, 2.45) is 0 Å². The lowest BCUT2D eigenvalue weighted by Gasteiger charge is -2.12. The van der Waals surface area contributed by atoms with Gasteiger partial charge in [0, 0.05) is 22.9 Å². The number of nitrogens with zero attached hydrogens (tertiary/aromatic N) is 2. The van der Waals surface area contributed by atoms with Crippen LogP contribution in [-0.2, 0) is 17.9 Å². The quantitative estimate of drug-likeness (QED) is 0.288. The highest BCUT2D eigenvalue weighted by atomic mass is 35.5. The van der Waals surface area contributed by atoms with E-state index in [9.17, 15) is 4.79 Å². The second-order valence-corrected chi connectivity index (χ2v) is 8.37. The summed E-state index contributed by atoms with van der Waals surface area (Å²) in [5.41, 5.74) is 4.37. The molecule has 0 aliphatic carbocycles. The normalized spacial score (nSPS) is 10.9. The van der Waals surface area contributed by atoms with E-state index >= 15 is 0 Å². The van der Waals surface area contributed by atoms with Crippen molar-refractivity contribution in [2.75, 3.05) is 12.4 Å². The highest BCUT2D eigenvalue weighted by Gasteiger charge is 2.08. The number of rotatable bonds is 9. The molecule has 0 aliphatic rings. The van der Waals surface area contributed by atoms with Crippen LogP contribution in [0.1, 0.15) is 22.3 Å². The number of ether oxygens (including phenoxy) is 2. The molecule has 1 aromatic heterocycles. The van der Waals surface area contributed by atoms with Crippen molar-refractivity contribution in [3.05, 3.63) is 112 Å². The van der Waals surface area contributed by atoms with E-state index in [4.69, 9.17) is 21.1 Å². The SMILES string of the molecule is COc1ccc(/C=C/C(=O)Nc2cnn(Cc3ccccc3Cl)c2)cc1COc1ccccc1C. The maximum absolute atomic E-state index is 12.5. The summed E-state index contributed by atoms with van der Waals surface area (Å²) in [4.78, 5) is 12.5. The van der Waals surface area contributed by atoms with Gasteiger partial charge >= 0.3 is 0 Å². The molecule has 0 atom stereocenters. The molecule has 1 N–H and O–H groups in total. The summed E-state index contributed by atoms with van der Waals surface area (Å²) in [5.74, 6) is 1.30. The van der Waals surface area contributed by atoms with Gasteiger partial charge in [-0.1, -0.05) is 54.1 Å². The van der Waals surface area contributed by atoms with Crippen LogP contribution < -0.4 is 14.8 Å². The number of amides is 1. The summed E-state index contributed by atoms with van der Waals surface area (Å²) in [6, 6.07) is 21.2. The Hall–Kier alpha value is -4.03. The van der Waals surface area contributed by atoms with Crippen LogP contribution in [0.15, 0.2) is 85.2 Å². The molecule has 0 radical (unpaired) electrons. The molecule has 6 nitrogen and oxygen atoms in total. The third kappa shape index (κ3) is 6.52. The molecule has 4 aromatic rings. The van der Waals surface area contributed by atoms with E-state index in [1.54, 1.807) is 30.3 Å². The smallest absolute Gasteiger partial charge is 0.248 e. The topological polar surface area (TPSA) is 65.4 Å². The molecule has 0 spiro atoms. The van der Waals surface area contributed by atoms with E-state index in [0.29, 0.717) is 23.9 Å². The zero-order valence-electron chi connectivity index (χ0n) is 19.6. The van der Waals surface area contributed by atoms with Crippen LogP contribution in [0.25, 0.3) is 6.08 Å². The van der Waals surface area contributed by atoms with E-state index in [0.717, 1.165) is 33.8 Å². The van der Waals surface area contributed by atoms with Crippen LogP contribution in [0, 0.1) is 6.92 Å². The second-order valence-electron chi connectivity index (χ2n) is 7.97. The lowest BCUT2D eigenvalue weighted by molar-refractivity contribution is -0.111. The number of anilines is 1. The standard InChI is InChI=1S/C28H26ClN3O3/c1-20-7-3-6-10-26(20)35-19-23-15-21(11-13-27(23)34-2)12-14-28(33)31-24-16-30-32(18-24)17-22-8-4-5-9-25(22)29/h3-16,18H,17,19H2,1-2H3,(H,31,33)/b14-12+. The van der Waals surface area contributed by atoms with Crippen LogP contribution in [-0.4, -0.2) is 22.8 Å². The van der Waals surface area contributed by atoms with E-state index in [1.807, 2.05) is 73.7 Å². The van der Waals surface area contributed by atoms with Crippen molar-refractivity contribution in [2.45, 2.75) is 20.1 Å². The van der Waals surface area contributed by atoms with Gasteiger partial charge in [-0.05, 0) is 54.0 Å². The Kier molecular flexibility index (Phi) is 7.85. The van der Waals surface area contributed by atoms with Crippen molar-refractivity contribution in [3.63, 3.8) is 0 Å². The Bertz CT molecular complexity index is 1350. The predicted octanol–water partition coefficient (Wildman–Crippen LogP) is 6.13. The molecular weight excluding hydrogens is 462 g/mol. The summed E-state index contributed by atoms with van der Waals surface area (Å²) < 4.78 is 13.2.